The monoisotopic (exact) mass is 355 g/mol. The summed E-state index contributed by atoms with van der Waals surface area (Å²) in [6, 6.07) is 9.17. The van der Waals surface area contributed by atoms with Gasteiger partial charge in [-0.25, -0.2) is 8.42 Å². The Morgan fingerprint density at radius 3 is 2.44 bits per heavy atom. The van der Waals surface area contributed by atoms with Crippen molar-refractivity contribution in [2.45, 2.75) is 44.6 Å². The Labute approximate surface area is 148 Å². The normalized spacial score (nSPS) is 20.0. The van der Waals surface area contributed by atoms with Crippen molar-refractivity contribution in [3.05, 3.63) is 63.7 Å². The Bertz CT molecular complexity index is 985. The van der Waals surface area contributed by atoms with Gasteiger partial charge in [-0.05, 0) is 49.4 Å². The molecule has 4 rings (SSSR count). The number of hydrogen-bond acceptors (Lipinski definition) is 3. The second-order valence-electron chi connectivity index (χ2n) is 7.12. The Balaban J connectivity index is 1.86. The van der Waals surface area contributed by atoms with E-state index in [1.807, 2.05) is 51.1 Å². The number of sulfonamides is 1. The van der Waals surface area contributed by atoms with Crippen LogP contribution in [-0.2, 0) is 16.4 Å². The molecule has 0 aromatic heterocycles. The van der Waals surface area contributed by atoms with Crippen molar-refractivity contribution in [2.75, 3.05) is 6.54 Å². The molecule has 1 atom stereocenters. The molecule has 1 aliphatic heterocycles. The lowest BCUT2D eigenvalue weighted by atomic mass is 9.95. The van der Waals surface area contributed by atoms with E-state index in [1.54, 1.807) is 4.31 Å². The van der Waals surface area contributed by atoms with E-state index in [9.17, 15) is 13.2 Å². The maximum atomic E-state index is 13.5. The van der Waals surface area contributed by atoms with Gasteiger partial charge in [-0.3, -0.25) is 4.79 Å². The third-order valence-electron chi connectivity index (χ3n) is 5.33. The first-order chi connectivity index (χ1) is 11.8. The van der Waals surface area contributed by atoms with Crippen LogP contribution in [-0.4, -0.2) is 25.1 Å². The number of carbonyl (C=O) groups excluding carboxylic acids is 1. The first-order valence-corrected chi connectivity index (χ1v) is 9.99. The maximum Gasteiger partial charge on any atom is 0.244 e. The lowest BCUT2D eigenvalue weighted by Crippen LogP contribution is -2.39. The Hall–Kier alpha value is -1.98. The van der Waals surface area contributed by atoms with E-state index in [1.165, 1.54) is 0 Å². The van der Waals surface area contributed by atoms with Gasteiger partial charge in [0, 0.05) is 18.5 Å². The average Bonchev–Trinajstić information content (AvgIpc) is 2.85. The van der Waals surface area contributed by atoms with Crippen LogP contribution >= 0.6 is 0 Å². The Morgan fingerprint density at radius 2 is 1.76 bits per heavy atom. The third-order valence-corrected chi connectivity index (χ3v) is 7.54. The van der Waals surface area contributed by atoms with Crippen LogP contribution in [0.25, 0.3) is 0 Å². The smallest absolute Gasteiger partial charge is 0.244 e. The second kappa shape index (κ2) is 5.51. The largest absolute Gasteiger partial charge is 0.294 e. The van der Waals surface area contributed by atoms with Gasteiger partial charge in [0.25, 0.3) is 0 Å². The van der Waals surface area contributed by atoms with E-state index in [-0.39, 0.29) is 18.2 Å². The number of carbonyl (C=O) groups is 1. The third kappa shape index (κ3) is 2.37. The van der Waals surface area contributed by atoms with Crippen molar-refractivity contribution in [2.24, 2.45) is 0 Å². The van der Waals surface area contributed by atoms with Gasteiger partial charge in [0.15, 0.2) is 5.78 Å². The average molecular weight is 355 g/mol. The zero-order valence-corrected chi connectivity index (χ0v) is 15.5. The van der Waals surface area contributed by atoms with Crippen molar-refractivity contribution in [1.82, 2.24) is 4.31 Å². The van der Waals surface area contributed by atoms with Crippen LogP contribution in [0.4, 0.5) is 0 Å². The predicted molar refractivity (Wildman–Crippen MR) is 96.4 cm³/mol. The van der Waals surface area contributed by atoms with E-state index in [0.717, 1.165) is 27.8 Å². The van der Waals surface area contributed by atoms with Gasteiger partial charge in [-0.1, -0.05) is 35.9 Å². The number of hydrogen-bond donors (Lipinski definition) is 0. The second-order valence-corrected chi connectivity index (χ2v) is 8.94. The molecular formula is C20H21NO3S. The zero-order chi connectivity index (χ0) is 17.9. The number of Topliss-reactive ketones (excluding diaryl/α,β-unsaturated/α-hetero) is 1. The molecule has 4 nitrogen and oxygen atoms in total. The highest BCUT2D eigenvalue weighted by molar-refractivity contribution is 7.89. The van der Waals surface area contributed by atoms with Gasteiger partial charge < -0.3 is 0 Å². The maximum absolute atomic E-state index is 13.5. The molecule has 1 aliphatic carbocycles. The van der Waals surface area contributed by atoms with Crippen molar-refractivity contribution in [1.29, 1.82) is 0 Å². The van der Waals surface area contributed by atoms with Crippen molar-refractivity contribution >= 4 is 15.8 Å². The van der Waals surface area contributed by atoms with Crippen LogP contribution in [0.15, 0.2) is 35.2 Å². The summed E-state index contributed by atoms with van der Waals surface area (Å²) in [5.74, 6) is 0.0429. The first kappa shape index (κ1) is 16.5. The standard InChI is InChI=1S/C20H21NO3S/c1-12-9-13(2)20(14(3)10-12)25(23,24)21-8-7-15-5-4-6-16-18(22)11-17(21)19(15)16/h4-6,9-10,17H,7-8,11H2,1-3H3. The van der Waals surface area contributed by atoms with Crippen molar-refractivity contribution in [3.63, 3.8) is 0 Å². The number of benzene rings is 2. The quantitative estimate of drug-likeness (QED) is 0.829. The van der Waals surface area contributed by atoms with E-state index in [2.05, 4.69) is 0 Å². The molecule has 0 radical (unpaired) electrons. The van der Waals surface area contributed by atoms with E-state index < -0.39 is 10.0 Å². The van der Waals surface area contributed by atoms with E-state index in [0.29, 0.717) is 23.4 Å². The molecule has 2 aromatic rings. The predicted octanol–water partition coefficient (Wildman–Crippen LogP) is 3.49. The molecule has 5 heteroatoms. The number of ketones is 1. The lowest BCUT2D eigenvalue weighted by molar-refractivity contribution is 0.0975. The minimum atomic E-state index is -3.65. The summed E-state index contributed by atoms with van der Waals surface area (Å²) in [6.45, 7) is 6.07. The lowest BCUT2D eigenvalue weighted by Gasteiger charge is -2.34. The summed E-state index contributed by atoms with van der Waals surface area (Å²) in [5, 5.41) is 0. The van der Waals surface area contributed by atoms with Gasteiger partial charge in [0.2, 0.25) is 10.0 Å². The summed E-state index contributed by atoms with van der Waals surface area (Å²) in [7, 11) is -3.65. The highest BCUT2D eigenvalue weighted by Gasteiger charge is 2.43. The highest BCUT2D eigenvalue weighted by Crippen LogP contribution is 2.44. The molecule has 0 spiro atoms. The molecule has 1 heterocycles. The van der Waals surface area contributed by atoms with Gasteiger partial charge in [0.1, 0.15) is 0 Å². The molecule has 0 bridgehead atoms. The molecule has 2 aromatic carbocycles. The number of rotatable bonds is 2. The van der Waals surface area contributed by atoms with Gasteiger partial charge in [-0.15, -0.1) is 0 Å². The molecule has 2 aliphatic rings. The molecule has 1 unspecified atom stereocenters. The minimum Gasteiger partial charge on any atom is -0.294 e. The highest BCUT2D eigenvalue weighted by atomic mass is 32.2. The molecular weight excluding hydrogens is 334 g/mol. The summed E-state index contributed by atoms with van der Waals surface area (Å²) in [6.07, 6.45) is 0.895. The van der Waals surface area contributed by atoms with Crippen LogP contribution in [0, 0.1) is 20.8 Å². The molecule has 0 N–H and O–H groups in total. The molecule has 25 heavy (non-hydrogen) atoms. The summed E-state index contributed by atoms with van der Waals surface area (Å²) in [5.41, 5.74) is 5.31. The van der Waals surface area contributed by atoms with E-state index in [4.69, 9.17) is 0 Å². The summed E-state index contributed by atoms with van der Waals surface area (Å²) >= 11 is 0. The summed E-state index contributed by atoms with van der Waals surface area (Å²) in [4.78, 5) is 12.8. The minimum absolute atomic E-state index is 0.0429. The first-order valence-electron chi connectivity index (χ1n) is 8.55. The fourth-order valence-corrected chi connectivity index (χ4v) is 6.48. The molecule has 0 saturated carbocycles. The molecule has 130 valence electrons. The topological polar surface area (TPSA) is 54.5 Å². The van der Waals surface area contributed by atoms with E-state index >= 15 is 0 Å². The Morgan fingerprint density at radius 1 is 1.08 bits per heavy atom. The van der Waals surface area contributed by atoms with Crippen LogP contribution < -0.4 is 0 Å². The molecule has 0 amide bonds. The fourth-order valence-electron chi connectivity index (χ4n) is 4.47. The Kier molecular flexibility index (Phi) is 3.63. The van der Waals surface area contributed by atoms with Crippen LogP contribution in [0.1, 0.15) is 50.6 Å². The zero-order valence-electron chi connectivity index (χ0n) is 14.7. The van der Waals surface area contributed by atoms with Gasteiger partial charge in [-0.2, -0.15) is 4.31 Å². The van der Waals surface area contributed by atoms with Crippen LogP contribution in [0.3, 0.4) is 0 Å². The summed E-state index contributed by atoms with van der Waals surface area (Å²) < 4.78 is 28.5. The van der Waals surface area contributed by atoms with Crippen molar-refractivity contribution in [3.8, 4) is 0 Å². The van der Waals surface area contributed by atoms with Gasteiger partial charge >= 0.3 is 0 Å². The number of nitrogens with zero attached hydrogens (tertiary/aromatic N) is 1. The SMILES string of the molecule is Cc1cc(C)c(S(=O)(=O)N2CCc3cccc4c3C2CC4=O)c(C)c1. The molecule has 0 saturated heterocycles. The number of aryl methyl sites for hydroxylation is 3. The van der Waals surface area contributed by atoms with Crippen LogP contribution in [0.2, 0.25) is 0 Å². The van der Waals surface area contributed by atoms with Crippen molar-refractivity contribution < 1.29 is 13.2 Å². The fraction of sp³-hybridized carbons (Fsp3) is 0.350. The molecule has 0 fully saturated rings. The van der Waals surface area contributed by atoms with Crippen LogP contribution in [0.5, 0.6) is 0 Å². The van der Waals surface area contributed by atoms with Gasteiger partial charge in [0.05, 0.1) is 10.9 Å².